The van der Waals surface area contributed by atoms with Crippen LogP contribution in [-0.2, 0) is 20.9 Å². The summed E-state index contributed by atoms with van der Waals surface area (Å²) >= 11 is 10.6. The smallest absolute Gasteiger partial charge is 0.380 e. The van der Waals surface area contributed by atoms with Crippen molar-refractivity contribution >= 4 is 35.8 Å². The molecule has 6 nitrogen and oxygen atoms in total. The Hall–Kier alpha value is -0.720. The molecule has 0 spiro atoms. The quantitative estimate of drug-likeness (QED) is 0.472. The van der Waals surface area contributed by atoms with Crippen molar-refractivity contribution in [1.82, 2.24) is 0 Å². The monoisotopic (exact) mass is 297 g/mol. The second kappa shape index (κ2) is 5.75. The molecule has 17 heavy (non-hydrogen) atoms. The first-order valence-electron chi connectivity index (χ1n) is 4.27. The number of hydrogen-bond donors (Lipinski definition) is 0. The Bertz CT molecular complexity index is 475. The average Bonchev–Trinajstić information content (AvgIpc) is 2.31. The summed E-state index contributed by atoms with van der Waals surface area (Å²) in [6.07, 6.45) is 0. The summed E-state index contributed by atoms with van der Waals surface area (Å²) in [6.45, 7) is -2.90. The summed E-state index contributed by atoms with van der Waals surface area (Å²) < 4.78 is 15.1. The fraction of sp³-hybridized carbons (Fsp3) is 0.250. The van der Waals surface area contributed by atoms with Crippen molar-refractivity contribution in [2.24, 2.45) is 0 Å². The van der Waals surface area contributed by atoms with Gasteiger partial charge in [0.2, 0.25) is 0 Å². The summed E-state index contributed by atoms with van der Waals surface area (Å²) in [5.41, 5.74) is -0.266. The fourth-order valence-electron chi connectivity index (χ4n) is 0.967. The van der Waals surface area contributed by atoms with Crippen LogP contribution in [0.25, 0.3) is 0 Å². The third-order valence-electron chi connectivity index (χ3n) is 1.78. The van der Waals surface area contributed by atoms with Gasteiger partial charge in [-0.15, -0.1) is 0 Å². The van der Waals surface area contributed by atoms with E-state index in [-0.39, 0.29) is 16.5 Å². The summed E-state index contributed by atoms with van der Waals surface area (Å²) in [7, 11) is 2.68. The zero-order chi connectivity index (χ0) is 13.1. The van der Waals surface area contributed by atoms with Gasteiger partial charge in [-0.05, 0) is 12.1 Å². The molecule has 0 aliphatic heterocycles. The second-order valence-electron chi connectivity index (χ2n) is 2.77. The molecule has 0 atom stereocenters. The summed E-state index contributed by atoms with van der Waals surface area (Å²) in [6, 6.07) is 3.97. The molecule has 9 heteroatoms. The maximum atomic E-state index is 10.7. The molecule has 1 aromatic rings. The Balaban J connectivity index is 3.05. The molecule has 94 valence electrons. The van der Waals surface area contributed by atoms with E-state index in [1.807, 2.05) is 0 Å². The van der Waals surface area contributed by atoms with Crippen LogP contribution < -0.4 is 4.52 Å². The van der Waals surface area contributed by atoms with E-state index < -0.39 is 11.6 Å². The van der Waals surface area contributed by atoms with Crippen LogP contribution in [-0.4, -0.2) is 19.1 Å². The first-order chi connectivity index (χ1) is 7.91. The molecule has 1 aromatic carbocycles. The molecule has 0 bridgehead atoms. The van der Waals surface area contributed by atoms with Crippen molar-refractivity contribution in [3.05, 3.63) is 33.3 Å². The summed E-state index contributed by atoms with van der Waals surface area (Å²) in [4.78, 5) is 10.1. The van der Waals surface area contributed by atoms with Crippen LogP contribution in [0.5, 0.6) is 5.75 Å². The van der Waals surface area contributed by atoms with Gasteiger partial charge in [-0.1, -0.05) is 11.6 Å². The molecule has 0 saturated heterocycles. The van der Waals surface area contributed by atoms with Crippen LogP contribution in [0.2, 0.25) is 5.02 Å². The van der Waals surface area contributed by atoms with E-state index in [9.17, 15) is 10.1 Å². The SMILES string of the molecule is COP(=S)(OC)Oc1ccc(Cl)c([N+](=O)[O-])c1. The predicted octanol–water partition coefficient (Wildman–Crippen LogP) is 3.14. The van der Waals surface area contributed by atoms with Gasteiger partial charge in [-0.3, -0.25) is 10.1 Å². The van der Waals surface area contributed by atoms with E-state index >= 15 is 0 Å². The number of rotatable bonds is 5. The summed E-state index contributed by atoms with van der Waals surface area (Å²) in [5, 5.41) is 10.7. The van der Waals surface area contributed by atoms with Gasteiger partial charge in [-0.2, -0.15) is 0 Å². The van der Waals surface area contributed by atoms with E-state index in [0.29, 0.717) is 0 Å². The lowest BCUT2D eigenvalue weighted by atomic mass is 10.3. The first-order valence-corrected chi connectivity index (χ1v) is 7.20. The van der Waals surface area contributed by atoms with E-state index in [1.165, 1.54) is 32.4 Å². The Morgan fingerprint density at radius 1 is 1.41 bits per heavy atom. The van der Waals surface area contributed by atoms with Crippen LogP contribution >= 0.6 is 18.3 Å². The molecule has 0 N–H and O–H groups in total. The van der Waals surface area contributed by atoms with Crippen LogP contribution in [0, 0.1) is 10.1 Å². The molecule has 0 unspecified atom stereocenters. The Morgan fingerprint density at radius 2 is 2.00 bits per heavy atom. The molecule has 0 saturated carbocycles. The highest BCUT2D eigenvalue weighted by atomic mass is 35.5. The molecular weight excluding hydrogens is 289 g/mol. The van der Waals surface area contributed by atoms with Crippen LogP contribution in [0.1, 0.15) is 0 Å². The highest BCUT2D eigenvalue weighted by Crippen LogP contribution is 2.48. The third kappa shape index (κ3) is 3.62. The molecule has 0 aliphatic carbocycles. The molecular formula is C8H9ClNO5PS. The zero-order valence-corrected chi connectivity index (χ0v) is 11.4. The molecule has 0 amide bonds. The van der Waals surface area contributed by atoms with Gasteiger partial charge in [-0.25, -0.2) is 0 Å². The maximum Gasteiger partial charge on any atom is 0.380 e. The maximum absolute atomic E-state index is 10.7. The second-order valence-corrected chi connectivity index (χ2v) is 6.33. The number of nitrogens with zero attached hydrogens (tertiary/aromatic N) is 1. The van der Waals surface area contributed by atoms with E-state index in [2.05, 4.69) is 0 Å². The molecule has 0 heterocycles. The van der Waals surface area contributed by atoms with Gasteiger partial charge >= 0.3 is 6.72 Å². The minimum absolute atomic E-state index is 0.0190. The van der Waals surface area contributed by atoms with Crippen LogP contribution in [0.4, 0.5) is 5.69 Å². The van der Waals surface area contributed by atoms with E-state index in [0.717, 1.165) is 0 Å². The fourth-order valence-corrected chi connectivity index (χ4v) is 2.08. The van der Waals surface area contributed by atoms with E-state index in [1.54, 1.807) is 0 Å². The Kier molecular flexibility index (Phi) is 4.85. The summed E-state index contributed by atoms with van der Waals surface area (Å²) in [5.74, 6) is 0.174. The van der Waals surface area contributed by atoms with Crippen molar-refractivity contribution in [3.8, 4) is 5.75 Å². The first kappa shape index (κ1) is 14.3. The normalized spacial score (nSPS) is 11.2. The van der Waals surface area contributed by atoms with Crippen LogP contribution in [0.3, 0.4) is 0 Å². The van der Waals surface area contributed by atoms with Gasteiger partial charge in [0.25, 0.3) is 5.69 Å². The number of halogens is 1. The average molecular weight is 298 g/mol. The van der Waals surface area contributed by atoms with Gasteiger partial charge < -0.3 is 13.6 Å². The Morgan fingerprint density at radius 3 is 2.47 bits per heavy atom. The minimum Gasteiger partial charge on any atom is -0.424 e. The number of hydrogen-bond acceptors (Lipinski definition) is 6. The van der Waals surface area contributed by atoms with Crippen molar-refractivity contribution < 1.29 is 18.5 Å². The number of benzene rings is 1. The van der Waals surface area contributed by atoms with E-state index in [4.69, 9.17) is 37.0 Å². The highest BCUT2D eigenvalue weighted by Gasteiger charge is 2.21. The standard InChI is InChI=1S/C8H9ClNO5PS/c1-13-16(17,14-2)15-6-3-4-7(9)8(5-6)10(11)12/h3-5H,1-2H3. The molecule has 0 aromatic heterocycles. The lowest BCUT2D eigenvalue weighted by molar-refractivity contribution is -0.384. The van der Waals surface area contributed by atoms with Crippen molar-refractivity contribution in [2.75, 3.05) is 14.2 Å². The molecule has 0 fully saturated rings. The van der Waals surface area contributed by atoms with Gasteiger partial charge in [0.05, 0.1) is 11.0 Å². The lowest BCUT2D eigenvalue weighted by Gasteiger charge is -2.17. The molecule has 0 aliphatic rings. The van der Waals surface area contributed by atoms with Gasteiger partial charge in [0.15, 0.2) is 0 Å². The highest BCUT2D eigenvalue weighted by molar-refractivity contribution is 8.07. The number of nitro groups is 1. The zero-order valence-electron chi connectivity index (χ0n) is 8.95. The lowest BCUT2D eigenvalue weighted by Crippen LogP contribution is -1.97. The molecule has 0 radical (unpaired) electrons. The predicted molar refractivity (Wildman–Crippen MR) is 67.0 cm³/mol. The minimum atomic E-state index is -2.90. The Labute approximate surface area is 108 Å². The topological polar surface area (TPSA) is 70.8 Å². The van der Waals surface area contributed by atoms with Crippen molar-refractivity contribution in [3.63, 3.8) is 0 Å². The van der Waals surface area contributed by atoms with Crippen LogP contribution in [0.15, 0.2) is 18.2 Å². The molecule has 1 rings (SSSR count). The third-order valence-corrected chi connectivity index (χ3v) is 4.55. The largest absolute Gasteiger partial charge is 0.424 e. The van der Waals surface area contributed by atoms with Crippen molar-refractivity contribution in [2.45, 2.75) is 0 Å². The van der Waals surface area contributed by atoms with Crippen molar-refractivity contribution in [1.29, 1.82) is 0 Å². The number of nitro benzene ring substituents is 1. The van der Waals surface area contributed by atoms with Gasteiger partial charge in [0, 0.05) is 26.0 Å². The van der Waals surface area contributed by atoms with Gasteiger partial charge in [0.1, 0.15) is 10.8 Å².